The van der Waals surface area contributed by atoms with Crippen molar-refractivity contribution in [2.24, 2.45) is 5.92 Å². The van der Waals surface area contributed by atoms with Crippen molar-refractivity contribution >= 4 is 10.8 Å². The predicted molar refractivity (Wildman–Crippen MR) is 145 cm³/mol. The first-order valence-corrected chi connectivity index (χ1v) is 13.5. The molecule has 0 heterocycles. The summed E-state index contributed by atoms with van der Waals surface area (Å²) in [5.41, 5.74) is 5.95. The molecule has 0 saturated heterocycles. The second kappa shape index (κ2) is 12.2. The van der Waals surface area contributed by atoms with Crippen molar-refractivity contribution < 1.29 is 0 Å². The van der Waals surface area contributed by atoms with Crippen LogP contribution < -0.4 is 0 Å². The summed E-state index contributed by atoms with van der Waals surface area (Å²) in [6.45, 7) is 6.15. The van der Waals surface area contributed by atoms with Gasteiger partial charge in [0.1, 0.15) is 0 Å². The SMILES string of the molecule is C=CCCC1CCC(c2ccc(CCc3ccc4cc(CCCCC)ccc4c3)cc2)CC1. The second-order valence-corrected chi connectivity index (χ2v) is 10.3. The third-order valence-corrected chi connectivity index (χ3v) is 7.82. The first kappa shape index (κ1) is 23.8. The van der Waals surface area contributed by atoms with Crippen molar-refractivity contribution in [3.05, 3.63) is 95.6 Å². The highest BCUT2D eigenvalue weighted by atomic mass is 14.3. The zero-order chi connectivity index (χ0) is 22.9. The van der Waals surface area contributed by atoms with Crippen molar-refractivity contribution in [2.45, 2.75) is 89.9 Å². The quantitative estimate of drug-likeness (QED) is 0.206. The first-order chi connectivity index (χ1) is 16.2. The fraction of sp³-hybridized carbons (Fsp3) is 0.455. The van der Waals surface area contributed by atoms with Crippen LogP contribution in [0.1, 0.15) is 92.9 Å². The highest BCUT2D eigenvalue weighted by molar-refractivity contribution is 5.83. The maximum absolute atomic E-state index is 3.88. The Hall–Kier alpha value is -2.34. The van der Waals surface area contributed by atoms with Crippen molar-refractivity contribution in [3.63, 3.8) is 0 Å². The molecule has 0 bridgehead atoms. The molecule has 0 aromatic heterocycles. The van der Waals surface area contributed by atoms with Crippen LogP contribution in [0.4, 0.5) is 0 Å². The molecule has 0 heteroatoms. The molecule has 1 aliphatic carbocycles. The van der Waals surface area contributed by atoms with Crippen LogP contribution in [-0.2, 0) is 19.3 Å². The maximum Gasteiger partial charge on any atom is -0.0162 e. The number of benzene rings is 3. The van der Waals surface area contributed by atoms with Gasteiger partial charge in [-0.1, -0.05) is 86.5 Å². The summed E-state index contributed by atoms with van der Waals surface area (Å²) in [5, 5.41) is 2.77. The third-order valence-electron chi connectivity index (χ3n) is 7.82. The zero-order valence-electron chi connectivity index (χ0n) is 20.7. The van der Waals surface area contributed by atoms with Crippen molar-refractivity contribution in [1.82, 2.24) is 0 Å². The van der Waals surface area contributed by atoms with E-state index in [2.05, 4.69) is 80.2 Å². The number of hydrogen-bond donors (Lipinski definition) is 0. The topological polar surface area (TPSA) is 0 Å². The van der Waals surface area contributed by atoms with Gasteiger partial charge in [0.05, 0.1) is 0 Å². The molecular weight excluding hydrogens is 396 g/mol. The molecule has 1 aliphatic rings. The van der Waals surface area contributed by atoms with Gasteiger partial charge in [0.25, 0.3) is 0 Å². The molecule has 0 radical (unpaired) electrons. The minimum Gasteiger partial charge on any atom is -0.103 e. The molecule has 3 aromatic rings. The summed E-state index contributed by atoms with van der Waals surface area (Å²) < 4.78 is 0. The van der Waals surface area contributed by atoms with E-state index in [1.54, 1.807) is 5.56 Å². The average Bonchev–Trinajstić information content (AvgIpc) is 2.87. The fourth-order valence-electron chi connectivity index (χ4n) is 5.62. The Morgan fingerprint density at radius 2 is 1.33 bits per heavy atom. The maximum atomic E-state index is 3.88. The van der Waals surface area contributed by atoms with E-state index in [1.165, 1.54) is 91.7 Å². The fourth-order valence-corrected chi connectivity index (χ4v) is 5.62. The summed E-state index contributed by atoms with van der Waals surface area (Å²) >= 11 is 0. The standard InChI is InChI=1S/C33H42/c1-3-5-7-9-28-16-22-33-25-29(17-23-32(33)24-28)11-10-27-14-20-31(21-15-27)30-18-12-26(13-19-30)8-6-4-2/h4,14-17,20-26,30H,2-3,5-13,18-19H2,1H3. The summed E-state index contributed by atoms with van der Waals surface area (Å²) in [7, 11) is 0. The van der Waals surface area contributed by atoms with Gasteiger partial charge in [-0.05, 0) is 109 Å². The molecule has 0 aliphatic heterocycles. The second-order valence-electron chi connectivity index (χ2n) is 10.3. The van der Waals surface area contributed by atoms with Crippen LogP contribution in [0.15, 0.2) is 73.3 Å². The molecule has 1 saturated carbocycles. The third kappa shape index (κ3) is 6.83. The number of unbranched alkanes of at least 4 members (excludes halogenated alkanes) is 2. The van der Waals surface area contributed by atoms with Crippen LogP contribution in [0.2, 0.25) is 0 Å². The number of allylic oxidation sites excluding steroid dienone is 1. The number of rotatable bonds is 11. The van der Waals surface area contributed by atoms with Crippen molar-refractivity contribution in [1.29, 1.82) is 0 Å². The molecule has 0 unspecified atom stereocenters. The highest BCUT2D eigenvalue weighted by Gasteiger charge is 2.21. The molecule has 1 fully saturated rings. The molecule has 0 nitrogen and oxygen atoms in total. The molecule has 174 valence electrons. The van der Waals surface area contributed by atoms with Gasteiger partial charge in [-0.3, -0.25) is 0 Å². The van der Waals surface area contributed by atoms with Gasteiger partial charge in [0, 0.05) is 0 Å². The molecule has 33 heavy (non-hydrogen) atoms. The van der Waals surface area contributed by atoms with Crippen LogP contribution in [-0.4, -0.2) is 0 Å². The monoisotopic (exact) mass is 438 g/mol. The average molecular weight is 439 g/mol. The van der Waals surface area contributed by atoms with Gasteiger partial charge < -0.3 is 0 Å². The largest absolute Gasteiger partial charge is 0.103 e. The van der Waals surface area contributed by atoms with Crippen LogP contribution in [0.25, 0.3) is 10.8 Å². The van der Waals surface area contributed by atoms with Gasteiger partial charge in [-0.25, -0.2) is 0 Å². The first-order valence-electron chi connectivity index (χ1n) is 13.5. The van der Waals surface area contributed by atoms with E-state index in [0.717, 1.165) is 24.7 Å². The van der Waals surface area contributed by atoms with E-state index >= 15 is 0 Å². The summed E-state index contributed by atoms with van der Waals surface area (Å²) in [5.74, 6) is 1.69. The Labute approximate surface area is 202 Å². The summed E-state index contributed by atoms with van der Waals surface area (Å²) in [6.07, 6.45) is 17.5. The van der Waals surface area contributed by atoms with E-state index in [0.29, 0.717) is 0 Å². The van der Waals surface area contributed by atoms with Crippen LogP contribution >= 0.6 is 0 Å². The Bertz CT molecular complexity index is 1000. The summed E-state index contributed by atoms with van der Waals surface area (Å²) in [6, 6.07) is 23.7. The molecule has 0 amide bonds. The van der Waals surface area contributed by atoms with E-state index < -0.39 is 0 Å². The normalized spacial score (nSPS) is 18.5. The minimum absolute atomic E-state index is 0.770. The van der Waals surface area contributed by atoms with Gasteiger partial charge in [0.2, 0.25) is 0 Å². The van der Waals surface area contributed by atoms with Crippen LogP contribution in [0.5, 0.6) is 0 Å². The molecule has 4 rings (SSSR count). The molecule has 3 aromatic carbocycles. The molecular formula is C33H42. The number of aryl methyl sites for hydroxylation is 3. The zero-order valence-corrected chi connectivity index (χ0v) is 20.7. The lowest BCUT2D eigenvalue weighted by Gasteiger charge is -2.28. The molecule has 0 atom stereocenters. The van der Waals surface area contributed by atoms with Crippen LogP contribution in [0.3, 0.4) is 0 Å². The Morgan fingerprint density at radius 1 is 0.727 bits per heavy atom. The summed E-state index contributed by atoms with van der Waals surface area (Å²) in [4.78, 5) is 0. The Morgan fingerprint density at radius 3 is 1.97 bits per heavy atom. The van der Waals surface area contributed by atoms with Crippen molar-refractivity contribution in [2.75, 3.05) is 0 Å². The minimum atomic E-state index is 0.770. The smallest absolute Gasteiger partial charge is 0.0162 e. The Balaban J connectivity index is 1.29. The highest BCUT2D eigenvalue weighted by Crippen LogP contribution is 2.37. The lowest BCUT2D eigenvalue weighted by atomic mass is 9.77. The molecule has 0 spiro atoms. The van der Waals surface area contributed by atoms with Gasteiger partial charge >= 0.3 is 0 Å². The predicted octanol–water partition coefficient (Wildman–Crippen LogP) is 9.60. The lowest BCUT2D eigenvalue weighted by molar-refractivity contribution is 0.312. The van der Waals surface area contributed by atoms with E-state index in [-0.39, 0.29) is 0 Å². The molecule has 0 N–H and O–H groups in total. The van der Waals surface area contributed by atoms with E-state index in [4.69, 9.17) is 0 Å². The van der Waals surface area contributed by atoms with Crippen LogP contribution in [0, 0.1) is 5.92 Å². The van der Waals surface area contributed by atoms with E-state index in [1.807, 2.05) is 0 Å². The number of fused-ring (bicyclic) bond motifs is 1. The Kier molecular flexibility index (Phi) is 8.81. The van der Waals surface area contributed by atoms with E-state index in [9.17, 15) is 0 Å². The number of hydrogen-bond acceptors (Lipinski definition) is 0. The van der Waals surface area contributed by atoms with Gasteiger partial charge in [-0.15, -0.1) is 6.58 Å². The van der Waals surface area contributed by atoms with Gasteiger partial charge in [-0.2, -0.15) is 0 Å². The van der Waals surface area contributed by atoms with Gasteiger partial charge in [0.15, 0.2) is 0 Å². The van der Waals surface area contributed by atoms with Crippen molar-refractivity contribution in [3.8, 4) is 0 Å². The lowest BCUT2D eigenvalue weighted by Crippen LogP contribution is -2.13.